The minimum atomic E-state index is -0.208. The Morgan fingerprint density at radius 1 is 1.06 bits per heavy atom. The number of nitrogens with one attached hydrogen (secondary N) is 1. The number of carbonyl (C=O) groups is 1. The molecule has 1 aromatic carbocycles. The first-order valence-electron chi connectivity index (χ1n) is 12.9. The SMILES string of the molecule is CC(C(=O)Nc1ccc(C#CC2CC2)cn1)[C@H]1C[C@H]2CC(c3ccnc4ccc(F)cc34)C[C@H]2C1. The van der Waals surface area contributed by atoms with Crippen molar-refractivity contribution in [3.05, 3.63) is 65.7 Å². The molecule has 1 amide bonds. The molecule has 178 valence electrons. The number of pyridine rings is 2. The highest BCUT2D eigenvalue weighted by molar-refractivity contribution is 5.91. The van der Waals surface area contributed by atoms with E-state index in [4.69, 9.17) is 0 Å². The van der Waals surface area contributed by atoms with Gasteiger partial charge in [0.15, 0.2) is 0 Å². The molecule has 4 nitrogen and oxygen atoms in total. The van der Waals surface area contributed by atoms with Crippen molar-refractivity contribution >= 4 is 22.6 Å². The lowest BCUT2D eigenvalue weighted by atomic mass is 9.86. The Balaban J connectivity index is 1.07. The molecule has 0 bridgehead atoms. The number of hydrogen-bond donors (Lipinski definition) is 1. The third kappa shape index (κ3) is 4.67. The van der Waals surface area contributed by atoms with E-state index in [1.807, 2.05) is 25.3 Å². The second kappa shape index (κ2) is 9.07. The zero-order valence-electron chi connectivity index (χ0n) is 20.0. The van der Waals surface area contributed by atoms with Crippen LogP contribution in [0.25, 0.3) is 10.9 Å². The number of aromatic nitrogens is 2. The van der Waals surface area contributed by atoms with Crippen molar-refractivity contribution in [2.24, 2.45) is 29.6 Å². The lowest BCUT2D eigenvalue weighted by Gasteiger charge is -2.21. The highest BCUT2D eigenvalue weighted by Gasteiger charge is 2.44. The van der Waals surface area contributed by atoms with Crippen molar-refractivity contribution in [3.63, 3.8) is 0 Å². The van der Waals surface area contributed by atoms with Gasteiger partial charge in [-0.15, -0.1) is 0 Å². The average Bonchev–Trinajstić information content (AvgIpc) is 3.49. The Kier molecular flexibility index (Phi) is 5.76. The van der Waals surface area contributed by atoms with Gasteiger partial charge in [0.05, 0.1) is 5.52 Å². The summed E-state index contributed by atoms with van der Waals surface area (Å²) < 4.78 is 13.9. The predicted octanol–water partition coefficient (Wildman–Crippen LogP) is 6.33. The Morgan fingerprint density at radius 3 is 2.57 bits per heavy atom. The van der Waals surface area contributed by atoms with Crippen molar-refractivity contribution in [2.75, 3.05) is 5.32 Å². The van der Waals surface area contributed by atoms with Gasteiger partial charge in [-0.05, 0) is 104 Å². The fourth-order valence-electron chi connectivity index (χ4n) is 6.23. The largest absolute Gasteiger partial charge is 0.310 e. The number of halogens is 1. The summed E-state index contributed by atoms with van der Waals surface area (Å²) >= 11 is 0. The number of fused-ring (bicyclic) bond motifs is 2. The predicted molar refractivity (Wildman–Crippen MR) is 135 cm³/mol. The van der Waals surface area contributed by atoms with Gasteiger partial charge in [-0.25, -0.2) is 9.37 Å². The average molecular weight is 468 g/mol. The van der Waals surface area contributed by atoms with Gasteiger partial charge >= 0.3 is 0 Å². The summed E-state index contributed by atoms with van der Waals surface area (Å²) in [6.45, 7) is 2.05. The second-order valence-electron chi connectivity index (χ2n) is 10.7. The summed E-state index contributed by atoms with van der Waals surface area (Å²) in [5.41, 5.74) is 2.98. The molecular weight excluding hydrogens is 437 g/mol. The summed E-state index contributed by atoms with van der Waals surface area (Å²) in [5, 5.41) is 3.95. The topological polar surface area (TPSA) is 54.9 Å². The van der Waals surface area contributed by atoms with Gasteiger partial charge in [0, 0.05) is 35.2 Å². The van der Waals surface area contributed by atoms with Gasteiger partial charge in [-0.2, -0.15) is 0 Å². The molecule has 35 heavy (non-hydrogen) atoms. The molecule has 3 aliphatic rings. The van der Waals surface area contributed by atoms with Gasteiger partial charge in [0.1, 0.15) is 11.6 Å². The lowest BCUT2D eigenvalue weighted by Crippen LogP contribution is -2.26. The van der Waals surface area contributed by atoms with Gasteiger partial charge in [-0.1, -0.05) is 18.8 Å². The third-order valence-corrected chi connectivity index (χ3v) is 8.36. The Bertz CT molecular complexity index is 1310. The van der Waals surface area contributed by atoms with Gasteiger partial charge in [-0.3, -0.25) is 9.78 Å². The van der Waals surface area contributed by atoms with Crippen LogP contribution in [0.5, 0.6) is 0 Å². The number of anilines is 1. The number of rotatable bonds is 4. The first kappa shape index (κ1) is 22.2. The maximum absolute atomic E-state index is 13.9. The van der Waals surface area contributed by atoms with Crippen LogP contribution in [0.1, 0.15) is 62.5 Å². The van der Waals surface area contributed by atoms with Crippen LogP contribution in [-0.4, -0.2) is 15.9 Å². The molecule has 5 heteroatoms. The highest BCUT2D eigenvalue weighted by Crippen LogP contribution is 2.54. The van der Waals surface area contributed by atoms with Crippen LogP contribution in [0.3, 0.4) is 0 Å². The molecular formula is C30H30FN3O. The van der Waals surface area contributed by atoms with Crippen molar-refractivity contribution in [2.45, 2.75) is 51.4 Å². The number of carbonyl (C=O) groups excluding carboxylic acids is 1. The van der Waals surface area contributed by atoms with Crippen molar-refractivity contribution in [1.82, 2.24) is 9.97 Å². The molecule has 2 heterocycles. The number of nitrogens with zero attached hydrogens (tertiary/aromatic N) is 2. The molecule has 0 radical (unpaired) electrons. The minimum Gasteiger partial charge on any atom is -0.310 e. The molecule has 3 fully saturated rings. The molecule has 6 rings (SSSR count). The summed E-state index contributed by atoms with van der Waals surface area (Å²) in [7, 11) is 0. The van der Waals surface area contributed by atoms with Crippen molar-refractivity contribution in [1.29, 1.82) is 0 Å². The molecule has 2 unspecified atom stereocenters. The molecule has 1 N–H and O–H groups in total. The monoisotopic (exact) mass is 467 g/mol. The number of benzene rings is 1. The molecule has 3 aliphatic carbocycles. The Labute approximate surface area is 205 Å². The highest BCUT2D eigenvalue weighted by atomic mass is 19.1. The molecule has 2 aromatic heterocycles. The van der Waals surface area contributed by atoms with E-state index in [1.54, 1.807) is 18.3 Å². The van der Waals surface area contributed by atoms with Gasteiger partial charge in [0.2, 0.25) is 5.91 Å². The molecule has 0 spiro atoms. The normalized spacial score (nSPS) is 26.1. The maximum atomic E-state index is 13.9. The zero-order chi connectivity index (χ0) is 23.9. The van der Waals surface area contributed by atoms with E-state index < -0.39 is 0 Å². The first-order valence-corrected chi connectivity index (χ1v) is 12.9. The lowest BCUT2D eigenvalue weighted by molar-refractivity contribution is -0.120. The second-order valence-corrected chi connectivity index (χ2v) is 10.7. The summed E-state index contributed by atoms with van der Waals surface area (Å²) in [5.74, 6) is 9.41. The summed E-state index contributed by atoms with van der Waals surface area (Å²) in [6, 6.07) is 10.7. The van der Waals surface area contributed by atoms with Crippen LogP contribution in [0.2, 0.25) is 0 Å². The Hall–Kier alpha value is -3.26. The van der Waals surface area contributed by atoms with Crippen LogP contribution >= 0.6 is 0 Å². The first-order chi connectivity index (χ1) is 17.0. The van der Waals surface area contributed by atoms with E-state index in [1.165, 1.54) is 24.5 Å². The zero-order valence-corrected chi connectivity index (χ0v) is 20.0. The smallest absolute Gasteiger partial charge is 0.228 e. The number of amides is 1. The third-order valence-electron chi connectivity index (χ3n) is 8.36. The van der Waals surface area contributed by atoms with E-state index in [2.05, 4.69) is 33.2 Å². The van der Waals surface area contributed by atoms with Gasteiger partial charge in [0.25, 0.3) is 0 Å². The van der Waals surface area contributed by atoms with Gasteiger partial charge < -0.3 is 5.32 Å². The summed E-state index contributed by atoms with van der Waals surface area (Å²) in [4.78, 5) is 21.8. The standard InChI is InChI=1S/C30H30FN3O/c1-18(30(35)34-29-9-6-20(17-33-29)5-4-19-2-3-19)21-12-22-14-24(15-23(22)13-21)26-10-11-32-28-8-7-25(31)16-27(26)28/h6-11,16-19,21-24H,2-3,12-15H2,1H3,(H,33,34,35)/t18?,21-,22-,23+,24?. The van der Waals surface area contributed by atoms with E-state index in [9.17, 15) is 9.18 Å². The molecule has 0 aliphatic heterocycles. The summed E-state index contributed by atoms with van der Waals surface area (Å²) in [6.07, 6.45) is 10.4. The van der Waals surface area contributed by atoms with Crippen LogP contribution in [0.4, 0.5) is 10.2 Å². The molecule has 0 saturated heterocycles. The van der Waals surface area contributed by atoms with E-state index in [-0.39, 0.29) is 17.6 Å². The van der Waals surface area contributed by atoms with E-state index >= 15 is 0 Å². The van der Waals surface area contributed by atoms with Crippen LogP contribution in [0, 0.1) is 47.2 Å². The van der Waals surface area contributed by atoms with E-state index in [0.29, 0.717) is 35.4 Å². The van der Waals surface area contributed by atoms with E-state index in [0.717, 1.165) is 42.1 Å². The van der Waals surface area contributed by atoms with Crippen molar-refractivity contribution in [3.8, 4) is 11.8 Å². The Morgan fingerprint density at radius 2 is 1.86 bits per heavy atom. The van der Waals surface area contributed by atoms with Crippen LogP contribution in [0.15, 0.2) is 48.8 Å². The minimum absolute atomic E-state index is 0.0476. The van der Waals surface area contributed by atoms with Crippen molar-refractivity contribution < 1.29 is 9.18 Å². The fraction of sp³-hybridized carbons (Fsp3) is 0.433. The molecule has 5 atom stereocenters. The quantitative estimate of drug-likeness (QED) is 0.457. The maximum Gasteiger partial charge on any atom is 0.228 e. The van der Waals surface area contributed by atoms with Crippen LogP contribution in [-0.2, 0) is 4.79 Å². The molecule has 3 saturated carbocycles. The van der Waals surface area contributed by atoms with Crippen LogP contribution < -0.4 is 5.32 Å². The fourth-order valence-corrected chi connectivity index (χ4v) is 6.23. The molecule has 3 aromatic rings. The number of hydrogen-bond acceptors (Lipinski definition) is 3.